The van der Waals surface area contributed by atoms with E-state index < -0.39 is 12.0 Å². The molecule has 0 spiro atoms. The molecule has 0 saturated heterocycles. The predicted octanol–water partition coefficient (Wildman–Crippen LogP) is 1.35. The summed E-state index contributed by atoms with van der Waals surface area (Å²) in [4.78, 5) is 28.9. The van der Waals surface area contributed by atoms with Crippen LogP contribution in [-0.2, 0) is 16.1 Å². The van der Waals surface area contributed by atoms with Crippen LogP contribution in [0.15, 0.2) is 29.6 Å². The molecular formula is C15H16N4O3S. The Morgan fingerprint density at radius 2 is 2.26 bits per heavy atom. The van der Waals surface area contributed by atoms with E-state index in [1.165, 1.54) is 18.3 Å². The number of rotatable bonds is 4. The van der Waals surface area contributed by atoms with Gasteiger partial charge < -0.3 is 20.7 Å². The molecule has 1 aliphatic rings. The minimum absolute atomic E-state index is 0.156. The minimum Gasteiger partial charge on any atom is -0.477 e. The molecule has 0 radical (unpaired) electrons. The number of nitrogens with two attached hydrogens (primary N) is 1. The van der Waals surface area contributed by atoms with E-state index in [9.17, 15) is 9.59 Å². The highest BCUT2D eigenvalue weighted by Crippen LogP contribution is 2.34. The van der Waals surface area contributed by atoms with Crippen LogP contribution in [0.5, 0.6) is 5.75 Å². The number of fused-ring (bicyclic) bond motifs is 1. The van der Waals surface area contributed by atoms with E-state index in [0.29, 0.717) is 24.0 Å². The maximum Gasteiger partial charge on any atom is 0.260 e. The van der Waals surface area contributed by atoms with Crippen molar-refractivity contribution in [3.63, 3.8) is 0 Å². The molecule has 1 aliphatic heterocycles. The Bertz CT molecular complexity index is 746. The van der Waals surface area contributed by atoms with Gasteiger partial charge in [0.05, 0.1) is 24.5 Å². The lowest BCUT2D eigenvalue weighted by Crippen LogP contribution is -2.47. The van der Waals surface area contributed by atoms with Crippen LogP contribution in [0.2, 0.25) is 0 Å². The molecule has 0 fully saturated rings. The van der Waals surface area contributed by atoms with Crippen molar-refractivity contribution in [3.05, 3.63) is 35.3 Å². The van der Waals surface area contributed by atoms with E-state index >= 15 is 0 Å². The zero-order chi connectivity index (χ0) is 16.4. The number of nitrogens with one attached hydrogen (secondary N) is 1. The second-order valence-electron chi connectivity index (χ2n) is 5.18. The van der Waals surface area contributed by atoms with Crippen molar-refractivity contribution in [1.82, 2.24) is 4.98 Å². The molecule has 3 N–H and O–H groups in total. The molecule has 8 heteroatoms. The molecule has 3 rings (SSSR count). The molecule has 1 aromatic heterocycles. The number of para-hydroxylation sites is 2. The number of amides is 2. The lowest BCUT2D eigenvalue weighted by atomic mass is 10.1. The number of nitrogens with zero attached hydrogens (tertiary/aromatic N) is 2. The van der Waals surface area contributed by atoms with Gasteiger partial charge in [0, 0.05) is 12.3 Å². The van der Waals surface area contributed by atoms with Gasteiger partial charge in [0.1, 0.15) is 5.75 Å². The molecular weight excluding hydrogens is 316 g/mol. The average Bonchev–Trinajstić information content (AvgIpc) is 2.93. The number of anilines is 2. The van der Waals surface area contributed by atoms with Crippen molar-refractivity contribution < 1.29 is 14.3 Å². The normalized spacial score (nSPS) is 16.4. The van der Waals surface area contributed by atoms with Gasteiger partial charge in [0.2, 0.25) is 5.91 Å². The quantitative estimate of drug-likeness (QED) is 0.881. The van der Waals surface area contributed by atoms with E-state index in [0.717, 1.165) is 11.4 Å². The summed E-state index contributed by atoms with van der Waals surface area (Å²) in [5.41, 5.74) is 7.08. The van der Waals surface area contributed by atoms with Crippen molar-refractivity contribution in [3.8, 4) is 5.75 Å². The first-order valence-electron chi connectivity index (χ1n) is 7.05. The zero-order valence-corrected chi connectivity index (χ0v) is 13.3. The standard InChI is InChI=1S/C15H16N4O3S/c1-9(20)17-15-18-10(8-23-15)6-19-7-13(14(16)21)22-12-5-3-2-4-11(12)19/h2-5,8,13H,6-7H2,1H3,(H2,16,21)(H,17,18,20)/t13-/m1/s1. The van der Waals surface area contributed by atoms with Crippen LogP contribution in [0.4, 0.5) is 10.8 Å². The van der Waals surface area contributed by atoms with Crippen LogP contribution >= 0.6 is 11.3 Å². The second kappa shape index (κ2) is 6.25. The first-order chi connectivity index (χ1) is 11.0. The van der Waals surface area contributed by atoms with Gasteiger partial charge in [-0.2, -0.15) is 0 Å². The molecule has 0 saturated carbocycles. The highest BCUT2D eigenvalue weighted by atomic mass is 32.1. The summed E-state index contributed by atoms with van der Waals surface area (Å²) in [6.07, 6.45) is -0.696. The van der Waals surface area contributed by atoms with Gasteiger partial charge in [-0.15, -0.1) is 11.3 Å². The van der Waals surface area contributed by atoms with Gasteiger partial charge in [-0.25, -0.2) is 4.98 Å². The van der Waals surface area contributed by atoms with Crippen LogP contribution in [0.3, 0.4) is 0 Å². The molecule has 2 amide bonds. The maximum atomic E-state index is 11.5. The van der Waals surface area contributed by atoms with E-state index in [1.54, 1.807) is 6.07 Å². The predicted molar refractivity (Wildman–Crippen MR) is 87.5 cm³/mol. The molecule has 120 valence electrons. The Labute approximate surface area is 137 Å². The summed E-state index contributed by atoms with van der Waals surface area (Å²) in [5, 5.41) is 5.09. The number of carbonyl (C=O) groups is 2. The number of aromatic nitrogens is 1. The lowest BCUT2D eigenvalue weighted by molar-refractivity contribution is -0.124. The summed E-state index contributed by atoms with van der Waals surface area (Å²) in [6.45, 7) is 2.30. The number of ether oxygens (including phenoxy) is 1. The third-order valence-corrected chi connectivity index (χ3v) is 4.17. The summed E-state index contributed by atoms with van der Waals surface area (Å²) in [6, 6.07) is 7.48. The number of primary amides is 1. The molecule has 23 heavy (non-hydrogen) atoms. The number of carbonyl (C=O) groups excluding carboxylic acids is 2. The second-order valence-corrected chi connectivity index (χ2v) is 6.04. The maximum absolute atomic E-state index is 11.5. The number of benzene rings is 1. The molecule has 1 aromatic carbocycles. The summed E-state index contributed by atoms with van der Waals surface area (Å²) in [7, 11) is 0. The lowest BCUT2D eigenvalue weighted by Gasteiger charge is -2.34. The third kappa shape index (κ3) is 3.42. The fourth-order valence-electron chi connectivity index (χ4n) is 2.39. The fraction of sp³-hybridized carbons (Fsp3) is 0.267. The highest BCUT2D eigenvalue weighted by Gasteiger charge is 2.29. The molecule has 7 nitrogen and oxygen atoms in total. The Morgan fingerprint density at radius 1 is 1.48 bits per heavy atom. The van der Waals surface area contributed by atoms with Crippen LogP contribution < -0.4 is 20.7 Å². The van der Waals surface area contributed by atoms with Crippen molar-refractivity contribution in [1.29, 1.82) is 0 Å². The van der Waals surface area contributed by atoms with Gasteiger partial charge in [-0.05, 0) is 12.1 Å². The van der Waals surface area contributed by atoms with Crippen LogP contribution in [-0.4, -0.2) is 29.4 Å². The molecule has 0 bridgehead atoms. The van der Waals surface area contributed by atoms with E-state index in [2.05, 4.69) is 10.3 Å². The molecule has 2 heterocycles. The third-order valence-electron chi connectivity index (χ3n) is 3.37. The fourth-order valence-corrected chi connectivity index (χ4v) is 3.14. The minimum atomic E-state index is -0.696. The van der Waals surface area contributed by atoms with Gasteiger partial charge in [-0.1, -0.05) is 12.1 Å². The van der Waals surface area contributed by atoms with Crippen LogP contribution in [0.25, 0.3) is 0 Å². The van der Waals surface area contributed by atoms with E-state index in [4.69, 9.17) is 10.5 Å². The summed E-state index contributed by atoms with van der Waals surface area (Å²) >= 11 is 1.36. The Balaban J connectivity index is 1.82. The average molecular weight is 332 g/mol. The summed E-state index contributed by atoms with van der Waals surface area (Å²) < 4.78 is 5.63. The van der Waals surface area contributed by atoms with E-state index in [1.807, 2.05) is 28.5 Å². The Morgan fingerprint density at radius 3 is 3.00 bits per heavy atom. The van der Waals surface area contributed by atoms with Crippen molar-refractivity contribution in [2.75, 3.05) is 16.8 Å². The summed E-state index contributed by atoms with van der Waals surface area (Å²) in [5.74, 6) is -0.0296. The monoisotopic (exact) mass is 332 g/mol. The SMILES string of the molecule is CC(=O)Nc1nc(CN2C[C@H](C(N)=O)Oc3ccccc32)cs1. The van der Waals surface area contributed by atoms with Crippen LogP contribution in [0, 0.1) is 0 Å². The molecule has 0 unspecified atom stereocenters. The van der Waals surface area contributed by atoms with Gasteiger partial charge >= 0.3 is 0 Å². The van der Waals surface area contributed by atoms with Crippen molar-refractivity contribution in [2.24, 2.45) is 5.73 Å². The first-order valence-corrected chi connectivity index (χ1v) is 7.93. The number of thiazole rings is 1. The largest absolute Gasteiger partial charge is 0.477 e. The molecule has 0 aliphatic carbocycles. The van der Waals surface area contributed by atoms with Gasteiger partial charge in [-0.3, -0.25) is 9.59 Å². The number of hydrogen-bond donors (Lipinski definition) is 2. The Hall–Kier alpha value is -2.61. The Kier molecular flexibility index (Phi) is 4.16. The van der Waals surface area contributed by atoms with Crippen LogP contribution in [0.1, 0.15) is 12.6 Å². The highest BCUT2D eigenvalue weighted by molar-refractivity contribution is 7.13. The van der Waals surface area contributed by atoms with Gasteiger partial charge in [0.15, 0.2) is 11.2 Å². The first kappa shape index (κ1) is 15.3. The van der Waals surface area contributed by atoms with E-state index in [-0.39, 0.29) is 5.91 Å². The smallest absolute Gasteiger partial charge is 0.260 e. The zero-order valence-electron chi connectivity index (χ0n) is 12.5. The van der Waals surface area contributed by atoms with Crippen molar-refractivity contribution >= 4 is 34.0 Å². The topological polar surface area (TPSA) is 97.5 Å². The molecule has 1 atom stereocenters. The van der Waals surface area contributed by atoms with Gasteiger partial charge in [0.25, 0.3) is 5.91 Å². The molecule has 2 aromatic rings. The van der Waals surface area contributed by atoms with Crippen molar-refractivity contribution in [2.45, 2.75) is 19.6 Å². The number of hydrogen-bond acceptors (Lipinski definition) is 6.